The van der Waals surface area contributed by atoms with Crippen LogP contribution in [0.4, 0.5) is 0 Å². The molecule has 0 saturated carbocycles. The Morgan fingerprint density at radius 3 is 2.72 bits per heavy atom. The first-order chi connectivity index (χ1) is 15.5. The number of aromatic nitrogens is 1. The van der Waals surface area contributed by atoms with E-state index >= 15 is 0 Å². The number of fused-ring (bicyclic) bond motifs is 2. The number of nitrogens with two attached hydrogens (primary N) is 1. The summed E-state index contributed by atoms with van der Waals surface area (Å²) in [6.07, 6.45) is 6.45. The molecule has 6 heteroatoms. The molecule has 1 fully saturated rings. The lowest BCUT2D eigenvalue weighted by Gasteiger charge is -2.33. The van der Waals surface area contributed by atoms with Gasteiger partial charge in [0, 0.05) is 43.0 Å². The number of piperidine rings is 1. The van der Waals surface area contributed by atoms with Crippen LogP contribution in [0, 0.1) is 0 Å². The molecule has 0 radical (unpaired) electrons. The van der Waals surface area contributed by atoms with Gasteiger partial charge >= 0.3 is 0 Å². The van der Waals surface area contributed by atoms with Crippen molar-refractivity contribution < 1.29 is 14.6 Å². The fraction of sp³-hybridized carbons (Fsp3) is 0.423. The molecule has 3 N–H and O–H groups in total. The van der Waals surface area contributed by atoms with E-state index in [1.54, 1.807) is 13.2 Å². The minimum Gasteiger partial charge on any atom is -0.496 e. The number of amides is 1. The molecule has 2 aromatic carbocycles. The third-order valence-corrected chi connectivity index (χ3v) is 7.24. The number of hydrogen-bond acceptors (Lipinski definition) is 4. The number of primary amides is 1. The van der Waals surface area contributed by atoms with Crippen molar-refractivity contribution in [1.82, 2.24) is 9.47 Å². The van der Waals surface area contributed by atoms with Crippen LogP contribution in [0.3, 0.4) is 0 Å². The zero-order chi connectivity index (χ0) is 22.2. The van der Waals surface area contributed by atoms with Gasteiger partial charge in [0.1, 0.15) is 5.75 Å². The summed E-state index contributed by atoms with van der Waals surface area (Å²) in [5.74, 6) is 0.557. The number of rotatable bonds is 6. The van der Waals surface area contributed by atoms with Crippen molar-refractivity contribution in [1.29, 1.82) is 0 Å². The Bertz CT molecular complexity index is 1140. The Morgan fingerprint density at radius 2 is 1.97 bits per heavy atom. The van der Waals surface area contributed by atoms with E-state index in [9.17, 15) is 9.90 Å². The molecule has 1 saturated heterocycles. The van der Waals surface area contributed by atoms with Crippen LogP contribution in [0.15, 0.2) is 42.6 Å². The second kappa shape index (κ2) is 8.60. The zero-order valence-electron chi connectivity index (χ0n) is 18.6. The van der Waals surface area contributed by atoms with Gasteiger partial charge in [-0.1, -0.05) is 12.1 Å². The highest BCUT2D eigenvalue weighted by atomic mass is 16.5. The van der Waals surface area contributed by atoms with Crippen LogP contribution in [-0.2, 0) is 19.3 Å². The largest absolute Gasteiger partial charge is 0.496 e. The molecule has 1 unspecified atom stereocenters. The molecule has 1 aromatic heterocycles. The van der Waals surface area contributed by atoms with E-state index < -0.39 is 0 Å². The summed E-state index contributed by atoms with van der Waals surface area (Å²) in [5.41, 5.74) is 10.9. The standard InChI is InChI=1S/C26H31N3O3/c1-32-25-5-4-18-14-21(30)16-23(18)22(25)9-12-28-10-7-20(8-11-28)29-13-6-17-2-3-19(26(27)31)15-24(17)29/h2-6,13,15,20-21,30H,7-12,14,16H2,1H3,(H2,27,31). The number of benzene rings is 2. The molecule has 168 valence electrons. The van der Waals surface area contributed by atoms with Gasteiger partial charge in [-0.25, -0.2) is 0 Å². The first-order valence-electron chi connectivity index (χ1n) is 11.5. The second-order valence-electron chi connectivity index (χ2n) is 9.13. The smallest absolute Gasteiger partial charge is 0.248 e. The first-order valence-corrected chi connectivity index (χ1v) is 11.5. The average molecular weight is 434 g/mol. The van der Waals surface area contributed by atoms with Crippen molar-refractivity contribution in [2.45, 2.75) is 44.2 Å². The van der Waals surface area contributed by atoms with Crippen molar-refractivity contribution in [3.8, 4) is 5.75 Å². The van der Waals surface area contributed by atoms with E-state index in [-0.39, 0.29) is 12.0 Å². The summed E-state index contributed by atoms with van der Waals surface area (Å²) in [7, 11) is 1.73. The van der Waals surface area contributed by atoms with Gasteiger partial charge < -0.3 is 25.0 Å². The Morgan fingerprint density at radius 1 is 1.16 bits per heavy atom. The van der Waals surface area contributed by atoms with Crippen LogP contribution in [0.1, 0.15) is 45.9 Å². The molecule has 1 aliphatic heterocycles. The van der Waals surface area contributed by atoms with Crippen molar-refractivity contribution in [2.75, 3.05) is 26.7 Å². The van der Waals surface area contributed by atoms with E-state index in [4.69, 9.17) is 10.5 Å². The molecular weight excluding hydrogens is 402 g/mol. The minimum absolute atomic E-state index is 0.266. The number of aliphatic hydroxyl groups is 1. The molecule has 0 bridgehead atoms. The lowest BCUT2D eigenvalue weighted by molar-refractivity contribution is 0.100. The van der Waals surface area contributed by atoms with Gasteiger partial charge in [-0.05, 0) is 78.4 Å². The number of aliphatic hydroxyl groups excluding tert-OH is 1. The van der Waals surface area contributed by atoms with Crippen LogP contribution < -0.4 is 10.5 Å². The molecule has 5 rings (SSSR count). The first kappa shape index (κ1) is 21.0. The quantitative estimate of drug-likeness (QED) is 0.626. The van der Waals surface area contributed by atoms with E-state index in [0.29, 0.717) is 11.6 Å². The summed E-state index contributed by atoms with van der Waals surface area (Å²) < 4.78 is 7.96. The number of nitrogens with zero attached hydrogens (tertiary/aromatic N) is 2. The van der Waals surface area contributed by atoms with Crippen LogP contribution in [0.2, 0.25) is 0 Å². The Balaban J connectivity index is 1.25. The van der Waals surface area contributed by atoms with Gasteiger partial charge in [0.25, 0.3) is 0 Å². The molecule has 1 aliphatic carbocycles. The van der Waals surface area contributed by atoms with Crippen LogP contribution in [0.25, 0.3) is 10.9 Å². The number of likely N-dealkylation sites (tertiary alicyclic amines) is 1. The summed E-state index contributed by atoms with van der Waals surface area (Å²) in [4.78, 5) is 14.1. The van der Waals surface area contributed by atoms with Gasteiger partial charge in [-0.3, -0.25) is 4.79 Å². The molecule has 0 spiro atoms. The summed E-state index contributed by atoms with van der Waals surface area (Å²) in [5, 5.41) is 11.3. The van der Waals surface area contributed by atoms with Crippen molar-refractivity contribution >= 4 is 16.8 Å². The number of ether oxygens (including phenoxy) is 1. The van der Waals surface area contributed by atoms with Gasteiger partial charge in [0.15, 0.2) is 0 Å². The molecule has 3 aromatic rings. The Labute approximate surface area is 188 Å². The third kappa shape index (κ3) is 3.89. The molecule has 1 atom stereocenters. The molecule has 32 heavy (non-hydrogen) atoms. The Hall–Kier alpha value is -2.83. The predicted molar refractivity (Wildman–Crippen MR) is 125 cm³/mol. The fourth-order valence-electron chi connectivity index (χ4n) is 5.50. The maximum Gasteiger partial charge on any atom is 0.248 e. The molecular formula is C26H31N3O3. The Kier molecular flexibility index (Phi) is 5.66. The van der Waals surface area contributed by atoms with Crippen LogP contribution >= 0.6 is 0 Å². The highest BCUT2D eigenvalue weighted by Crippen LogP contribution is 2.33. The van der Waals surface area contributed by atoms with E-state index in [2.05, 4.69) is 33.9 Å². The number of hydrogen-bond donors (Lipinski definition) is 2. The normalized spacial score (nSPS) is 19.4. The van der Waals surface area contributed by atoms with E-state index in [1.165, 1.54) is 16.7 Å². The number of methoxy groups -OCH3 is 1. The molecule has 6 nitrogen and oxygen atoms in total. The SMILES string of the molecule is COc1ccc2c(c1CCN1CCC(n3ccc4ccc(C(N)=O)cc43)CC1)CC(O)C2. The summed E-state index contributed by atoms with van der Waals surface area (Å²) >= 11 is 0. The van der Waals surface area contributed by atoms with Crippen molar-refractivity contribution in [2.24, 2.45) is 5.73 Å². The monoisotopic (exact) mass is 433 g/mol. The van der Waals surface area contributed by atoms with Crippen molar-refractivity contribution in [3.63, 3.8) is 0 Å². The average Bonchev–Trinajstić information content (AvgIpc) is 3.40. The molecule has 2 aliphatic rings. The van der Waals surface area contributed by atoms with E-state index in [1.807, 2.05) is 12.1 Å². The summed E-state index contributed by atoms with van der Waals surface area (Å²) in [6, 6.07) is 12.4. The summed E-state index contributed by atoms with van der Waals surface area (Å²) in [6.45, 7) is 3.08. The third-order valence-electron chi connectivity index (χ3n) is 7.24. The lowest BCUT2D eigenvalue weighted by atomic mass is 9.98. The van der Waals surface area contributed by atoms with Gasteiger partial charge in [-0.15, -0.1) is 0 Å². The molecule has 2 heterocycles. The lowest BCUT2D eigenvalue weighted by Crippen LogP contribution is -2.36. The van der Waals surface area contributed by atoms with Gasteiger partial charge in [0.05, 0.1) is 13.2 Å². The maximum atomic E-state index is 11.6. The number of carbonyl (C=O) groups is 1. The fourth-order valence-corrected chi connectivity index (χ4v) is 5.50. The number of carbonyl (C=O) groups excluding carboxylic acids is 1. The van der Waals surface area contributed by atoms with Crippen LogP contribution in [0.5, 0.6) is 5.75 Å². The molecule has 1 amide bonds. The highest BCUT2D eigenvalue weighted by Gasteiger charge is 2.26. The van der Waals surface area contributed by atoms with Crippen LogP contribution in [-0.4, -0.2) is 53.3 Å². The predicted octanol–water partition coefficient (Wildman–Crippen LogP) is 3.09. The maximum absolute atomic E-state index is 11.6. The minimum atomic E-state index is -0.384. The topological polar surface area (TPSA) is 80.7 Å². The van der Waals surface area contributed by atoms with Gasteiger partial charge in [0.2, 0.25) is 5.91 Å². The highest BCUT2D eigenvalue weighted by molar-refractivity contribution is 5.97. The van der Waals surface area contributed by atoms with E-state index in [0.717, 1.165) is 68.4 Å². The van der Waals surface area contributed by atoms with Gasteiger partial charge in [-0.2, -0.15) is 0 Å². The second-order valence-corrected chi connectivity index (χ2v) is 9.13. The zero-order valence-corrected chi connectivity index (χ0v) is 18.6. The van der Waals surface area contributed by atoms with Crippen molar-refractivity contribution in [3.05, 3.63) is 64.8 Å².